The molecule has 3 saturated carbocycles. The molecular weight excluding hydrogens is 236 g/mol. The average Bonchev–Trinajstić information content (AvgIpc) is 2.75. The van der Waals surface area contributed by atoms with Crippen molar-refractivity contribution in [2.75, 3.05) is 0 Å². The highest BCUT2D eigenvalue weighted by atomic mass is 16.6. The quantitative estimate of drug-likeness (QED) is 0.713. The first kappa shape index (κ1) is 11.6. The lowest BCUT2D eigenvalue weighted by Gasteiger charge is -2.52. The molecule has 106 valence electrons. The van der Waals surface area contributed by atoms with E-state index in [-0.39, 0.29) is 0 Å². The van der Waals surface area contributed by atoms with E-state index in [9.17, 15) is 0 Å². The van der Waals surface area contributed by atoms with Crippen LogP contribution in [-0.2, 0) is 9.47 Å². The van der Waals surface area contributed by atoms with Gasteiger partial charge in [-0.1, -0.05) is 13.3 Å². The summed E-state index contributed by atoms with van der Waals surface area (Å²) in [5.74, 6) is 5.65. The van der Waals surface area contributed by atoms with Gasteiger partial charge in [-0.2, -0.15) is 0 Å². The van der Waals surface area contributed by atoms with E-state index in [1.54, 1.807) is 0 Å². The largest absolute Gasteiger partial charge is 0.375 e. The minimum Gasteiger partial charge on any atom is -0.375 e. The third kappa shape index (κ3) is 1.40. The molecule has 0 bridgehead atoms. The molecule has 3 aliphatic carbocycles. The summed E-state index contributed by atoms with van der Waals surface area (Å²) in [6.45, 7) is 4.68. The van der Waals surface area contributed by atoms with E-state index in [0.29, 0.717) is 24.4 Å². The second-order valence-corrected chi connectivity index (χ2v) is 7.90. The molecule has 0 radical (unpaired) electrons. The Morgan fingerprint density at radius 1 is 0.895 bits per heavy atom. The second-order valence-electron chi connectivity index (χ2n) is 7.90. The van der Waals surface area contributed by atoms with Gasteiger partial charge in [0.1, 0.15) is 0 Å². The predicted octanol–water partition coefficient (Wildman–Crippen LogP) is 3.25. The van der Waals surface area contributed by atoms with Gasteiger partial charge >= 0.3 is 0 Å². The van der Waals surface area contributed by atoms with Crippen LogP contribution in [0.2, 0.25) is 0 Å². The average molecular weight is 262 g/mol. The molecule has 0 spiro atoms. The maximum Gasteiger partial charge on any atom is 0.0872 e. The first-order chi connectivity index (χ1) is 9.28. The number of fused-ring (bicyclic) bond motifs is 4. The van der Waals surface area contributed by atoms with Crippen molar-refractivity contribution < 1.29 is 9.47 Å². The van der Waals surface area contributed by atoms with Crippen molar-refractivity contribution in [2.45, 2.75) is 70.4 Å². The zero-order chi connectivity index (χ0) is 12.7. The normalized spacial score (nSPS) is 65.4. The van der Waals surface area contributed by atoms with Crippen LogP contribution in [0, 0.1) is 35.5 Å². The summed E-state index contributed by atoms with van der Waals surface area (Å²) in [5, 5.41) is 0. The zero-order valence-corrected chi connectivity index (χ0v) is 12.1. The molecule has 5 fully saturated rings. The summed E-state index contributed by atoms with van der Waals surface area (Å²) in [6.07, 6.45) is 9.47. The van der Waals surface area contributed by atoms with Crippen LogP contribution < -0.4 is 0 Å². The third-order valence-corrected chi connectivity index (χ3v) is 7.29. The molecule has 0 aromatic carbocycles. The summed E-state index contributed by atoms with van der Waals surface area (Å²) < 4.78 is 12.0. The van der Waals surface area contributed by atoms with E-state index >= 15 is 0 Å². The molecule has 2 heteroatoms. The molecule has 0 amide bonds. The van der Waals surface area contributed by atoms with Crippen molar-refractivity contribution in [1.82, 2.24) is 0 Å². The van der Waals surface area contributed by atoms with Crippen LogP contribution in [0.5, 0.6) is 0 Å². The topological polar surface area (TPSA) is 21.8 Å². The van der Waals surface area contributed by atoms with Crippen molar-refractivity contribution in [2.24, 2.45) is 35.5 Å². The number of epoxide rings is 1. The molecule has 2 heterocycles. The van der Waals surface area contributed by atoms with E-state index in [4.69, 9.17) is 9.47 Å². The minimum absolute atomic E-state index is 0.520. The van der Waals surface area contributed by atoms with E-state index in [2.05, 4.69) is 13.8 Å². The van der Waals surface area contributed by atoms with Crippen molar-refractivity contribution in [3.05, 3.63) is 0 Å². The van der Waals surface area contributed by atoms with Gasteiger partial charge in [0.15, 0.2) is 0 Å². The Bertz CT molecular complexity index is 389. The highest BCUT2D eigenvalue weighted by molar-refractivity contribution is 5.12. The molecule has 0 N–H and O–H groups in total. The highest BCUT2D eigenvalue weighted by Crippen LogP contribution is 2.64. The van der Waals surface area contributed by atoms with Crippen molar-refractivity contribution in [3.8, 4) is 0 Å². The van der Waals surface area contributed by atoms with Gasteiger partial charge in [0.25, 0.3) is 0 Å². The third-order valence-electron chi connectivity index (χ3n) is 7.29. The molecule has 5 aliphatic rings. The SMILES string of the molecule is CCC1C2CC(C)OC2C1C1CCC2C1CC1OC12. The fourth-order valence-corrected chi connectivity index (χ4v) is 6.61. The van der Waals surface area contributed by atoms with Gasteiger partial charge in [-0.25, -0.2) is 0 Å². The fraction of sp³-hybridized carbons (Fsp3) is 1.00. The molecule has 2 nitrogen and oxygen atoms in total. The Kier molecular flexibility index (Phi) is 2.29. The van der Waals surface area contributed by atoms with Gasteiger partial charge in [-0.3, -0.25) is 0 Å². The van der Waals surface area contributed by atoms with E-state index in [1.807, 2.05) is 0 Å². The highest BCUT2D eigenvalue weighted by Gasteiger charge is 2.65. The monoisotopic (exact) mass is 262 g/mol. The lowest BCUT2D eigenvalue weighted by molar-refractivity contribution is -0.126. The molecule has 10 unspecified atom stereocenters. The maximum atomic E-state index is 6.27. The van der Waals surface area contributed by atoms with Crippen molar-refractivity contribution in [1.29, 1.82) is 0 Å². The van der Waals surface area contributed by atoms with Gasteiger partial charge < -0.3 is 9.47 Å². The number of rotatable bonds is 2. The Morgan fingerprint density at radius 2 is 1.74 bits per heavy atom. The van der Waals surface area contributed by atoms with Crippen LogP contribution in [0.3, 0.4) is 0 Å². The van der Waals surface area contributed by atoms with Gasteiger partial charge in [0, 0.05) is 0 Å². The summed E-state index contributed by atoms with van der Waals surface area (Å²) in [5.41, 5.74) is 0. The summed E-state index contributed by atoms with van der Waals surface area (Å²) >= 11 is 0. The first-order valence-electron chi connectivity index (χ1n) is 8.59. The zero-order valence-electron chi connectivity index (χ0n) is 12.1. The molecule has 2 saturated heterocycles. The Labute approximate surface area is 116 Å². The van der Waals surface area contributed by atoms with Crippen LogP contribution in [0.1, 0.15) is 46.0 Å². The Balaban J connectivity index is 1.38. The second kappa shape index (κ2) is 3.76. The number of hydrogen-bond donors (Lipinski definition) is 0. The summed E-state index contributed by atoms with van der Waals surface area (Å²) in [6, 6.07) is 0. The van der Waals surface area contributed by atoms with Gasteiger partial charge in [0.2, 0.25) is 0 Å². The van der Waals surface area contributed by atoms with E-state index in [1.165, 1.54) is 32.1 Å². The lowest BCUT2D eigenvalue weighted by Crippen LogP contribution is -2.53. The van der Waals surface area contributed by atoms with Crippen LogP contribution in [-0.4, -0.2) is 24.4 Å². The van der Waals surface area contributed by atoms with Crippen LogP contribution in [0.25, 0.3) is 0 Å². The van der Waals surface area contributed by atoms with Gasteiger partial charge in [-0.05, 0) is 68.1 Å². The molecule has 19 heavy (non-hydrogen) atoms. The van der Waals surface area contributed by atoms with Crippen LogP contribution in [0.4, 0.5) is 0 Å². The molecule has 0 aromatic rings. The smallest absolute Gasteiger partial charge is 0.0872 e. The number of hydrogen-bond acceptors (Lipinski definition) is 2. The first-order valence-corrected chi connectivity index (χ1v) is 8.59. The van der Waals surface area contributed by atoms with E-state index < -0.39 is 0 Å². The number of ether oxygens (including phenoxy) is 2. The minimum atomic E-state index is 0.520. The Hall–Kier alpha value is -0.0800. The van der Waals surface area contributed by atoms with E-state index in [0.717, 1.165) is 35.5 Å². The predicted molar refractivity (Wildman–Crippen MR) is 72.7 cm³/mol. The van der Waals surface area contributed by atoms with Crippen molar-refractivity contribution >= 4 is 0 Å². The summed E-state index contributed by atoms with van der Waals surface area (Å²) in [4.78, 5) is 0. The molecule has 0 aromatic heterocycles. The lowest BCUT2D eigenvalue weighted by atomic mass is 9.55. The Morgan fingerprint density at radius 3 is 2.58 bits per heavy atom. The van der Waals surface area contributed by atoms with Crippen molar-refractivity contribution in [3.63, 3.8) is 0 Å². The molecular formula is C17H26O2. The molecule has 10 atom stereocenters. The molecule has 2 aliphatic heterocycles. The van der Waals surface area contributed by atoms with Crippen LogP contribution >= 0.6 is 0 Å². The van der Waals surface area contributed by atoms with Gasteiger partial charge in [-0.15, -0.1) is 0 Å². The maximum absolute atomic E-state index is 6.27. The fourth-order valence-electron chi connectivity index (χ4n) is 6.61. The standard InChI is InChI=1S/C17H26O2/c1-3-9-13-6-8(2)18-17(13)15(9)10-4-5-11-12(10)7-14-16(11)19-14/h8-17H,3-7H2,1-2H3. The van der Waals surface area contributed by atoms with Gasteiger partial charge in [0.05, 0.1) is 24.4 Å². The summed E-state index contributed by atoms with van der Waals surface area (Å²) in [7, 11) is 0. The van der Waals surface area contributed by atoms with Crippen LogP contribution in [0.15, 0.2) is 0 Å². The molecule has 5 rings (SSSR count).